The van der Waals surface area contributed by atoms with E-state index < -0.39 is 11.6 Å². The fourth-order valence-electron chi connectivity index (χ4n) is 3.85. The van der Waals surface area contributed by atoms with Crippen LogP contribution < -0.4 is 4.90 Å². The number of carbonyl (C=O) groups is 3. The molecule has 1 saturated heterocycles. The molecular formula is C18H20N6O4. The fraction of sp³-hybridized carbons (Fsp3) is 0.444. The van der Waals surface area contributed by atoms with Crippen molar-refractivity contribution in [2.45, 2.75) is 45.0 Å². The second-order valence-electron chi connectivity index (χ2n) is 6.82. The van der Waals surface area contributed by atoms with Gasteiger partial charge >= 0.3 is 5.97 Å². The van der Waals surface area contributed by atoms with Gasteiger partial charge in [0.05, 0.1) is 11.3 Å². The van der Waals surface area contributed by atoms with E-state index in [1.807, 2.05) is 6.92 Å². The van der Waals surface area contributed by atoms with Crippen LogP contribution in [0, 0.1) is 0 Å². The van der Waals surface area contributed by atoms with Gasteiger partial charge in [0.25, 0.3) is 5.91 Å². The van der Waals surface area contributed by atoms with Crippen LogP contribution in [0.3, 0.4) is 0 Å². The number of benzene rings is 1. The summed E-state index contributed by atoms with van der Waals surface area (Å²) in [5.41, 5.74) is -0.678. The van der Waals surface area contributed by atoms with Crippen LogP contribution in [0.25, 0.3) is 0 Å². The molecule has 10 heteroatoms. The second kappa shape index (κ2) is 6.70. The number of aryl methyl sites for hydroxylation is 1. The topological polar surface area (TPSA) is 111 Å². The third kappa shape index (κ3) is 2.48. The van der Waals surface area contributed by atoms with Crippen molar-refractivity contribution in [1.82, 2.24) is 25.1 Å². The first-order chi connectivity index (χ1) is 13.5. The molecule has 2 aliphatic rings. The second-order valence-corrected chi connectivity index (χ2v) is 6.82. The monoisotopic (exact) mass is 384 g/mol. The third-order valence-corrected chi connectivity index (χ3v) is 5.24. The van der Waals surface area contributed by atoms with E-state index in [1.165, 1.54) is 16.8 Å². The predicted octanol–water partition coefficient (Wildman–Crippen LogP) is 0.735. The molecular weight excluding hydrogens is 364 g/mol. The largest absolute Gasteiger partial charge is 0.454 e. The SMILES string of the molecule is CCCn1nnnc1COC(=O)C12CCC(=O)N1c1ccccc1C(=O)N2C. The lowest BCUT2D eigenvalue weighted by molar-refractivity contribution is -0.158. The summed E-state index contributed by atoms with van der Waals surface area (Å²) in [6.07, 6.45) is 1.14. The Bertz CT molecular complexity index is 957. The molecule has 1 aromatic heterocycles. The number of hydrogen-bond donors (Lipinski definition) is 0. The summed E-state index contributed by atoms with van der Waals surface area (Å²) in [4.78, 5) is 41.4. The number of rotatable bonds is 5. The van der Waals surface area contributed by atoms with Gasteiger partial charge in [-0.25, -0.2) is 9.48 Å². The van der Waals surface area contributed by atoms with Crippen molar-refractivity contribution < 1.29 is 19.1 Å². The molecule has 1 aromatic carbocycles. The van der Waals surface area contributed by atoms with Gasteiger partial charge in [0.1, 0.15) is 0 Å². The van der Waals surface area contributed by atoms with E-state index in [0.29, 0.717) is 23.6 Å². The summed E-state index contributed by atoms with van der Waals surface area (Å²) in [6.45, 7) is 2.44. The minimum atomic E-state index is -1.49. The highest BCUT2D eigenvalue weighted by Gasteiger charge is 2.60. The first kappa shape index (κ1) is 18.1. The summed E-state index contributed by atoms with van der Waals surface area (Å²) in [5, 5.41) is 11.4. The lowest BCUT2D eigenvalue weighted by Crippen LogP contribution is -2.67. The summed E-state index contributed by atoms with van der Waals surface area (Å²) in [6, 6.07) is 6.78. The third-order valence-electron chi connectivity index (χ3n) is 5.24. The molecule has 4 rings (SSSR count). The van der Waals surface area contributed by atoms with Crippen molar-refractivity contribution in [3.8, 4) is 0 Å². The Hall–Kier alpha value is -3.30. The van der Waals surface area contributed by atoms with Gasteiger partial charge < -0.3 is 9.64 Å². The van der Waals surface area contributed by atoms with Crippen molar-refractivity contribution in [2.75, 3.05) is 11.9 Å². The molecule has 0 radical (unpaired) electrons. The van der Waals surface area contributed by atoms with E-state index in [1.54, 1.807) is 28.9 Å². The average molecular weight is 384 g/mol. The molecule has 1 atom stereocenters. The number of hydrogen-bond acceptors (Lipinski definition) is 7. The van der Waals surface area contributed by atoms with Crippen molar-refractivity contribution in [2.24, 2.45) is 0 Å². The van der Waals surface area contributed by atoms with E-state index in [-0.39, 0.29) is 31.3 Å². The van der Waals surface area contributed by atoms with Crippen LogP contribution in [0.1, 0.15) is 42.4 Å². The highest BCUT2D eigenvalue weighted by atomic mass is 16.5. The number of aromatic nitrogens is 4. The fourth-order valence-corrected chi connectivity index (χ4v) is 3.85. The number of esters is 1. The number of tetrazole rings is 1. The predicted molar refractivity (Wildman–Crippen MR) is 95.9 cm³/mol. The molecule has 0 aliphatic carbocycles. The van der Waals surface area contributed by atoms with Gasteiger partial charge in [0.15, 0.2) is 12.4 Å². The molecule has 2 aromatic rings. The quantitative estimate of drug-likeness (QED) is 0.699. The van der Waals surface area contributed by atoms with Crippen molar-refractivity contribution >= 4 is 23.5 Å². The van der Waals surface area contributed by atoms with E-state index in [2.05, 4.69) is 15.5 Å². The van der Waals surface area contributed by atoms with Crippen molar-refractivity contribution in [3.05, 3.63) is 35.7 Å². The lowest BCUT2D eigenvalue weighted by Gasteiger charge is -2.46. The maximum absolute atomic E-state index is 13.2. The molecule has 1 unspecified atom stereocenters. The first-order valence-electron chi connectivity index (χ1n) is 9.13. The number of nitrogens with zero attached hydrogens (tertiary/aromatic N) is 6. The normalized spacial score (nSPS) is 20.9. The Kier molecular flexibility index (Phi) is 4.33. The van der Waals surface area contributed by atoms with Crippen LogP contribution in [-0.4, -0.2) is 55.6 Å². The number of fused-ring (bicyclic) bond motifs is 3. The molecule has 2 amide bonds. The van der Waals surface area contributed by atoms with E-state index >= 15 is 0 Å². The lowest BCUT2D eigenvalue weighted by atomic mass is 9.97. The molecule has 28 heavy (non-hydrogen) atoms. The van der Waals surface area contributed by atoms with Crippen molar-refractivity contribution in [1.29, 1.82) is 0 Å². The van der Waals surface area contributed by atoms with Gasteiger partial charge in [0, 0.05) is 26.4 Å². The minimum absolute atomic E-state index is 0.140. The number of para-hydroxylation sites is 1. The number of ether oxygens (including phenoxy) is 1. The molecule has 0 N–H and O–H groups in total. The zero-order valence-electron chi connectivity index (χ0n) is 15.7. The number of amides is 2. The Balaban J connectivity index is 1.67. The zero-order valence-corrected chi connectivity index (χ0v) is 15.7. The molecule has 2 aliphatic heterocycles. The Labute approximate surface area is 161 Å². The number of likely N-dealkylation sites (N-methyl/N-ethyl adjacent to an activating group) is 1. The maximum atomic E-state index is 13.2. The Morgan fingerprint density at radius 1 is 1.29 bits per heavy atom. The first-order valence-corrected chi connectivity index (χ1v) is 9.13. The zero-order chi connectivity index (χ0) is 19.9. The highest BCUT2D eigenvalue weighted by Crippen LogP contribution is 2.44. The smallest absolute Gasteiger partial charge is 0.354 e. The van der Waals surface area contributed by atoms with Gasteiger partial charge in [0.2, 0.25) is 11.6 Å². The van der Waals surface area contributed by atoms with Gasteiger partial charge in [-0.1, -0.05) is 19.1 Å². The summed E-state index contributed by atoms with van der Waals surface area (Å²) in [5.74, 6) is -0.809. The average Bonchev–Trinajstić information content (AvgIpc) is 3.29. The van der Waals surface area contributed by atoms with Crippen LogP contribution in [-0.2, 0) is 27.5 Å². The van der Waals surface area contributed by atoms with Crippen LogP contribution >= 0.6 is 0 Å². The number of anilines is 1. The molecule has 146 valence electrons. The molecule has 0 spiro atoms. The molecule has 0 saturated carbocycles. The molecule has 1 fully saturated rings. The van der Waals surface area contributed by atoms with Gasteiger partial charge in [-0.2, -0.15) is 0 Å². The maximum Gasteiger partial charge on any atom is 0.354 e. The van der Waals surface area contributed by atoms with Crippen LogP contribution in [0.15, 0.2) is 24.3 Å². The summed E-state index contributed by atoms with van der Waals surface area (Å²) >= 11 is 0. The van der Waals surface area contributed by atoms with Gasteiger partial charge in [-0.15, -0.1) is 5.10 Å². The molecule has 3 heterocycles. The van der Waals surface area contributed by atoms with Crippen LogP contribution in [0.2, 0.25) is 0 Å². The molecule has 0 bridgehead atoms. The Morgan fingerprint density at radius 2 is 2.07 bits per heavy atom. The minimum Gasteiger partial charge on any atom is -0.454 e. The summed E-state index contributed by atoms with van der Waals surface area (Å²) < 4.78 is 7.07. The van der Waals surface area contributed by atoms with E-state index in [0.717, 1.165) is 6.42 Å². The van der Waals surface area contributed by atoms with Crippen molar-refractivity contribution in [3.63, 3.8) is 0 Å². The standard InChI is InChI=1S/C18H20N6O4/c1-3-10-23-14(19-20-21-23)11-28-17(27)18-9-8-15(25)24(18)13-7-5-4-6-12(13)16(26)22(18)2/h4-7H,3,8-11H2,1-2H3. The Morgan fingerprint density at radius 3 is 2.86 bits per heavy atom. The van der Waals surface area contributed by atoms with Crippen LogP contribution in [0.5, 0.6) is 0 Å². The highest BCUT2D eigenvalue weighted by molar-refractivity contribution is 6.15. The van der Waals surface area contributed by atoms with E-state index in [4.69, 9.17) is 4.74 Å². The number of carbonyl (C=O) groups excluding carboxylic acids is 3. The van der Waals surface area contributed by atoms with Crippen LogP contribution in [0.4, 0.5) is 5.69 Å². The van der Waals surface area contributed by atoms with Gasteiger partial charge in [-0.05, 0) is 29.0 Å². The van der Waals surface area contributed by atoms with E-state index in [9.17, 15) is 14.4 Å². The molecule has 10 nitrogen and oxygen atoms in total. The van der Waals surface area contributed by atoms with Gasteiger partial charge in [-0.3, -0.25) is 14.5 Å². The summed E-state index contributed by atoms with van der Waals surface area (Å²) in [7, 11) is 1.52.